The topological polar surface area (TPSA) is 75.9 Å². The van der Waals surface area contributed by atoms with Crippen molar-refractivity contribution < 1.29 is 0 Å². The van der Waals surface area contributed by atoms with Gasteiger partial charge in [0.2, 0.25) is 0 Å². The van der Waals surface area contributed by atoms with E-state index in [0.717, 1.165) is 17.9 Å². The average Bonchev–Trinajstić information content (AvgIpc) is 2.41. The lowest BCUT2D eigenvalue weighted by Gasteiger charge is -2.13. The quantitative estimate of drug-likeness (QED) is 0.579. The summed E-state index contributed by atoms with van der Waals surface area (Å²) in [6.07, 6.45) is 0. The molecule has 19 heavy (non-hydrogen) atoms. The summed E-state index contributed by atoms with van der Waals surface area (Å²) in [6, 6.07) is 8.28. The van der Waals surface area contributed by atoms with Crippen molar-refractivity contribution >= 4 is 11.6 Å². The number of aromatic nitrogens is 2. The Morgan fingerprint density at radius 2 is 1.74 bits per heavy atom. The summed E-state index contributed by atoms with van der Waals surface area (Å²) < 4.78 is 0. The van der Waals surface area contributed by atoms with Gasteiger partial charge in [-0.3, -0.25) is 0 Å². The number of nitrogens with one attached hydrogen (secondary N) is 2. The van der Waals surface area contributed by atoms with E-state index in [9.17, 15) is 0 Å². The number of nitrogens with zero attached hydrogens (tertiary/aromatic N) is 2. The van der Waals surface area contributed by atoms with Crippen LogP contribution < -0.4 is 16.6 Å². The van der Waals surface area contributed by atoms with Gasteiger partial charge in [-0.1, -0.05) is 24.3 Å². The number of hydrogen-bond acceptors (Lipinski definition) is 5. The molecule has 2 aromatic rings. The van der Waals surface area contributed by atoms with E-state index in [1.54, 1.807) is 0 Å². The molecule has 1 aromatic heterocycles. The molecule has 0 bridgehead atoms. The maximum atomic E-state index is 5.45. The van der Waals surface area contributed by atoms with E-state index in [-0.39, 0.29) is 0 Å². The molecule has 5 nitrogen and oxygen atoms in total. The summed E-state index contributed by atoms with van der Waals surface area (Å²) >= 11 is 0. The minimum Gasteiger partial charge on any atom is -0.366 e. The molecule has 1 aromatic carbocycles. The molecule has 0 aliphatic carbocycles. The fourth-order valence-electron chi connectivity index (χ4n) is 1.93. The number of hydrazine groups is 1. The van der Waals surface area contributed by atoms with Crippen LogP contribution in [0.15, 0.2) is 24.3 Å². The summed E-state index contributed by atoms with van der Waals surface area (Å²) in [7, 11) is 0. The summed E-state index contributed by atoms with van der Waals surface area (Å²) in [5.41, 5.74) is 6.02. The lowest BCUT2D eigenvalue weighted by Crippen LogP contribution is -2.14. The maximum Gasteiger partial charge on any atom is 0.148 e. The van der Waals surface area contributed by atoms with Gasteiger partial charge in [0.25, 0.3) is 0 Å². The molecule has 5 heteroatoms. The zero-order valence-corrected chi connectivity index (χ0v) is 11.5. The van der Waals surface area contributed by atoms with Gasteiger partial charge in [0.05, 0.1) is 0 Å². The molecule has 0 spiro atoms. The molecule has 0 atom stereocenters. The van der Waals surface area contributed by atoms with Crippen molar-refractivity contribution in [1.82, 2.24) is 9.97 Å². The van der Waals surface area contributed by atoms with Gasteiger partial charge >= 0.3 is 0 Å². The third kappa shape index (κ3) is 3.00. The molecule has 0 aliphatic rings. The fourth-order valence-corrected chi connectivity index (χ4v) is 1.93. The van der Waals surface area contributed by atoms with Crippen molar-refractivity contribution in [1.29, 1.82) is 0 Å². The highest BCUT2D eigenvalue weighted by Gasteiger charge is 2.08. The van der Waals surface area contributed by atoms with Gasteiger partial charge in [0.15, 0.2) is 0 Å². The number of nitrogen functional groups attached to an aromatic ring is 1. The molecule has 0 saturated heterocycles. The normalized spacial score (nSPS) is 10.3. The molecule has 0 saturated carbocycles. The van der Waals surface area contributed by atoms with E-state index in [0.29, 0.717) is 11.6 Å². The Kier molecular flexibility index (Phi) is 3.97. The van der Waals surface area contributed by atoms with Crippen molar-refractivity contribution in [2.75, 3.05) is 10.7 Å². The number of hydrogen-bond donors (Lipinski definition) is 3. The average molecular weight is 257 g/mol. The van der Waals surface area contributed by atoms with Crippen molar-refractivity contribution in [2.45, 2.75) is 27.3 Å². The standard InChI is InChI=1S/C14H19N5/c1-9-6-4-5-7-12(9)8-16-13-10(2)14(19-15)18-11(3)17-13/h4-7H,8,15H2,1-3H3,(H2,16,17,18,19). The van der Waals surface area contributed by atoms with Gasteiger partial charge in [-0.05, 0) is 31.9 Å². The highest BCUT2D eigenvalue weighted by molar-refractivity contribution is 5.56. The first-order valence-electron chi connectivity index (χ1n) is 6.22. The van der Waals surface area contributed by atoms with Gasteiger partial charge in [-0.25, -0.2) is 15.8 Å². The third-order valence-electron chi connectivity index (χ3n) is 3.10. The first-order chi connectivity index (χ1) is 9.11. The Labute approximate surface area is 113 Å². The lowest BCUT2D eigenvalue weighted by molar-refractivity contribution is 0.994. The minimum absolute atomic E-state index is 0.653. The molecule has 0 unspecified atom stereocenters. The molecule has 0 aliphatic heterocycles. The molecule has 0 amide bonds. The van der Waals surface area contributed by atoms with Gasteiger partial charge in [-0.2, -0.15) is 0 Å². The van der Waals surface area contributed by atoms with Crippen molar-refractivity contribution in [2.24, 2.45) is 5.84 Å². The van der Waals surface area contributed by atoms with Crippen molar-refractivity contribution in [3.63, 3.8) is 0 Å². The van der Waals surface area contributed by atoms with E-state index < -0.39 is 0 Å². The van der Waals surface area contributed by atoms with E-state index >= 15 is 0 Å². The van der Waals surface area contributed by atoms with Gasteiger partial charge in [-0.15, -0.1) is 0 Å². The van der Waals surface area contributed by atoms with Gasteiger partial charge in [0.1, 0.15) is 17.5 Å². The van der Waals surface area contributed by atoms with Crippen LogP contribution in [-0.4, -0.2) is 9.97 Å². The molecule has 100 valence electrons. The molecule has 2 rings (SSSR count). The van der Waals surface area contributed by atoms with Crippen LogP contribution in [0.25, 0.3) is 0 Å². The van der Waals surface area contributed by atoms with E-state index in [1.165, 1.54) is 11.1 Å². The van der Waals surface area contributed by atoms with Crippen LogP contribution in [0.4, 0.5) is 11.6 Å². The largest absolute Gasteiger partial charge is 0.366 e. The van der Waals surface area contributed by atoms with Crippen LogP contribution >= 0.6 is 0 Å². The highest BCUT2D eigenvalue weighted by Crippen LogP contribution is 2.20. The highest BCUT2D eigenvalue weighted by atomic mass is 15.3. The SMILES string of the molecule is Cc1nc(NN)c(C)c(NCc2ccccc2C)n1. The molecule has 0 radical (unpaired) electrons. The summed E-state index contributed by atoms with van der Waals surface area (Å²) in [4.78, 5) is 8.65. The number of anilines is 2. The summed E-state index contributed by atoms with van der Waals surface area (Å²) in [5, 5.41) is 3.34. The Bertz CT molecular complexity index is 580. The fraction of sp³-hybridized carbons (Fsp3) is 0.286. The Morgan fingerprint density at radius 1 is 1.05 bits per heavy atom. The first kappa shape index (κ1) is 13.3. The van der Waals surface area contributed by atoms with Crippen LogP contribution in [0.3, 0.4) is 0 Å². The Balaban J connectivity index is 2.20. The maximum absolute atomic E-state index is 5.45. The van der Waals surface area contributed by atoms with Crippen LogP contribution in [-0.2, 0) is 6.54 Å². The number of nitrogens with two attached hydrogens (primary N) is 1. The predicted octanol–water partition coefficient (Wildman–Crippen LogP) is 2.30. The molecule has 0 fully saturated rings. The second-order valence-electron chi connectivity index (χ2n) is 4.52. The zero-order chi connectivity index (χ0) is 13.8. The Morgan fingerprint density at radius 3 is 2.42 bits per heavy atom. The van der Waals surface area contributed by atoms with E-state index in [2.05, 4.69) is 39.8 Å². The lowest BCUT2D eigenvalue weighted by atomic mass is 10.1. The smallest absolute Gasteiger partial charge is 0.148 e. The Hall–Kier alpha value is -2.14. The van der Waals surface area contributed by atoms with Gasteiger partial charge < -0.3 is 10.7 Å². The zero-order valence-electron chi connectivity index (χ0n) is 11.5. The third-order valence-corrected chi connectivity index (χ3v) is 3.10. The predicted molar refractivity (Wildman–Crippen MR) is 77.8 cm³/mol. The number of aryl methyl sites for hydroxylation is 2. The van der Waals surface area contributed by atoms with Crippen LogP contribution in [0.5, 0.6) is 0 Å². The first-order valence-corrected chi connectivity index (χ1v) is 6.22. The van der Waals surface area contributed by atoms with Crippen molar-refractivity contribution in [3.8, 4) is 0 Å². The minimum atomic E-state index is 0.653. The number of rotatable bonds is 4. The van der Waals surface area contributed by atoms with Gasteiger partial charge in [0, 0.05) is 12.1 Å². The van der Waals surface area contributed by atoms with E-state index in [1.807, 2.05) is 26.0 Å². The summed E-state index contributed by atoms with van der Waals surface area (Å²) in [5.74, 6) is 7.60. The molecular weight excluding hydrogens is 238 g/mol. The second kappa shape index (κ2) is 5.67. The second-order valence-corrected chi connectivity index (χ2v) is 4.52. The molecular formula is C14H19N5. The van der Waals surface area contributed by atoms with Crippen LogP contribution in [0.1, 0.15) is 22.5 Å². The van der Waals surface area contributed by atoms with Crippen LogP contribution in [0, 0.1) is 20.8 Å². The monoisotopic (exact) mass is 257 g/mol. The van der Waals surface area contributed by atoms with E-state index in [4.69, 9.17) is 5.84 Å². The molecule has 4 N–H and O–H groups in total. The molecule has 1 heterocycles. The summed E-state index contributed by atoms with van der Waals surface area (Å²) in [6.45, 7) is 6.62. The van der Waals surface area contributed by atoms with Crippen LogP contribution in [0.2, 0.25) is 0 Å². The van der Waals surface area contributed by atoms with Crippen molar-refractivity contribution in [3.05, 3.63) is 46.8 Å². The number of benzene rings is 1.